The largest absolute Gasteiger partial charge is 0.390 e. The highest BCUT2D eigenvalue weighted by Crippen LogP contribution is 2.28. The Kier molecular flexibility index (Phi) is 2.50. The molecule has 0 amide bonds. The third-order valence-corrected chi connectivity index (χ3v) is 5.33. The van der Waals surface area contributed by atoms with Crippen LogP contribution >= 0.6 is 0 Å². The maximum Gasteiger partial charge on any atom is 0.154 e. The van der Waals surface area contributed by atoms with Gasteiger partial charge >= 0.3 is 0 Å². The summed E-state index contributed by atoms with van der Waals surface area (Å²) in [5.41, 5.74) is 2.48. The van der Waals surface area contributed by atoms with Gasteiger partial charge in [0, 0.05) is 13.1 Å². The van der Waals surface area contributed by atoms with E-state index in [1.807, 2.05) is 12.1 Å². The first-order chi connectivity index (χ1) is 8.05. The first kappa shape index (κ1) is 11.2. The maximum absolute atomic E-state index is 11.5. The Labute approximate surface area is 101 Å². The lowest BCUT2D eigenvalue weighted by molar-refractivity contribution is 0.0816. The van der Waals surface area contributed by atoms with Crippen molar-refractivity contribution >= 4 is 9.84 Å². The van der Waals surface area contributed by atoms with E-state index in [1.165, 1.54) is 11.1 Å². The van der Waals surface area contributed by atoms with E-state index in [4.69, 9.17) is 0 Å². The molecule has 1 aromatic rings. The molecule has 0 spiro atoms. The molecule has 2 aliphatic rings. The van der Waals surface area contributed by atoms with Crippen LogP contribution in [0.2, 0.25) is 0 Å². The lowest BCUT2D eigenvalue weighted by atomic mass is 10.1. The number of fused-ring (bicyclic) bond motifs is 1. The highest BCUT2D eigenvalue weighted by atomic mass is 32.2. The van der Waals surface area contributed by atoms with Crippen molar-refractivity contribution in [1.82, 2.24) is 4.90 Å². The number of hydrogen-bond donors (Lipinski definition) is 1. The van der Waals surface area contributed by atoms with Gasteiger partial charge in [-0.2, -0.15) is 0 Å². The fourth-order valence-electron chi connectivity index (χ4n) is 2.75. The Hall–Kier alpha value is -0.910. The lowest BCUT2D eigenvalue weighted by Crippen LogP contribution is -2.39. The van der Waals surface area contributed by atoms with E-state index in [0.29, 0.717) is 0 Å². The molecule has 2 aliphatic heterocycles. The molecule has 17 heavy (non-hydrogen) atoms. The molecule has 0 bridgehead atoms. The normalized spacial score (nSPS) is 31.6. The summed E-state index contributed by atoms with van der Waals surface area (Å²) in [6, 6.07) is 7.86. The van der Waals surface area contributed by atoms with Crippen LogP contribution < -0.4 is 0 Å². The SMILES string of the molecule is O=S1(=O)CC(O)C(N2Cc3ccccc3C2)C1. The van der Waals surface area contributed by atoms with Crippen molar-refractivity contribution in [2.75, 3.05) is 11.5 Å². The minimum absolute atomic E-state index is 0.0855. The first-order valence-corrected chi connectivity index (χ1v) is 7.57. The fourth-order valence-corrected chi connectivity index (χ4v) is 4.59. The van der Waals surface area contributed by atoms with Crippen molar-refractivity contribution in [3.05, 3.63) is 35.4 Å². The molecular formula is C12H15NO3S. The molecule has 1 saturated heterocycles. The molecule has 0 radical (unpaired) electrons. The smallest absolute Gasteiger partial charge is 0.154 e. The van der Waals surface area contributed by atoms with Crippen molar-refractivity contribution in [1.29, 1.82) is 0 Å². The number of aliphatic hydroxyl groups is 1. The Bertz CT molecular complexity index is 515. The van der Waals surface area contributed by atoms with Crippen molar-refractivity contribution in [3.63, 3.8) is 0 Å². The summed E-state index contributed by atoms with van der Waals surface area (Å²) in [5.74, 6) is -0.00727. The molecule has 4 nitrogen and oxygen atoms in total. The van der Waals surface area contributed by atoms with E-state index in [-0.39, 0.29) is 17.5 Å². The molecule has 2 unspecified atom stereocenters. The second kappa shape index (κ2) is 3.80. The highest BCUT2D eigenvalue weighted by molar-refractivity contribution is 7.91. The number of nitrogens with zero attached hydrogens (tertiary/aromatic N) is 1. The molecule has 1 fully saturated rings. The first-order valence-electron chi connectivity index (χ1n) is 5.74. The van der Waals surface area contributed by atoms with E-state index in [9.17, 15) is 13.5 Å². The Balaban J connectivity index is 1.82. The van der Waals surface area contributed by atoms with Crippen LogP contribution in [0.25, 0.3) is 0 Å². The maximum atomic E-state index is 11.5. The predicted octanol–water partition coefficient (Wildman–Crippen LogP) is 0.160. The van der Waals surface area contributed by atoms with Crippen molar-refractivity contribution in [3.8, 4) is 0 Å². The van der Waals surface area contributed by atoms with Gasteiger partial charge in [-0.25, -0.2) is 8.42 Å². The van der Waals surface area contributed by atoms with Crippen LogP contribution in [-0.4, -0.2) is 42.1 Å². The number of sulfone groups is 1. The van der Waals surface area contributed by atoms with Gasteiger partial charge in [-0.3, -0.25) is 4.90 Å². The van der Waals surface area contributed by atoms with Crippen LogP contribution in [0.3, 0.4) is 0 Å². The van der Waals surface area contributed by atoms with E-state index < -0.39 is 15.9 Å². The molecule has 1 N–H and O–H groups in total. The second-order valence-corrected chi connectivity index (χ2v) is 7.04. The number of aliphatic hydroxyl groups excluding tert-OH is 1. The average molecular weight is 253 g/mol. The van der Waals surface area contributed by atoms with E-state index in [2.05, 4.69) is 17.0 Å². The molecule has 92 valence electrons. The summed E-state index contributed by atoms with van der Waals surface area (Å²) >= 11 is 0. The monoisotopic (exact) mass is 253 g/mol. The van der Waals surface area contributed by atoms with Gasteiger partial charge < -0.3 is 5.11 Å². The Morgan fingerprint density at radius 1 is 1.12 bits per heavy atom. The van der Waals surface area contributed by atoms with Crippen LogP contribution in [0, 0.1) is 0 Å². The van der Waals surface area contributed by atoms with Gasteiger partial charge in [-0.15, -0.1) is 0 Å². The van der Waals surface area contributed by atoms with Gasteiger partial charge in [-0.05, 0) is 11.1 Å². The summed E-state index contributed by atoms with van der Waals surface area (Å²) in [6.45, 7) is 1.49. The summed E-state index contributed by atoms with van der Waals surface area (Å²) in [4.78, 5) is 2.07. The van der Waals surface area contributed by atoms with Crippen molar-refractivity contribution in [2.24, 2.45) is 0 Å². The van der Waals surface area contributed by atoms with Crippen LogP contribution in [0.5, 0.6) is 0 Å². The molecule has 3 rings (SSSR count). The molecule has 0 aliphatic carbocycles. The van der Waals surface area contributed by atoms with E-state index in [0.717, 1.165) is 13.1 Å². The summed E-state index contributed by atoms with van der Waals surface area (Å²) in [6.07, 6.45) is -0.741. The van der Waals surface area contributed by atoms with Gasteiger partial charge in [0.25, 0.3) is 0 Å². The number of hydrogen-bond acceptors (Lipinski definition) is 4. The highest BCUT2D eigenvalue weighted by Gasteiger charge is 2.41. The van der Waals surface area contributed by atoms with E-state index >= 15 is 0 Å². The van der Waals surface area contributed by atoms with Gasteiger partial charge in [0.2, 0.25) is 0 Å². The topological polar surface area (TPSA) is 57.6 Å². The fraction of sp³-hybridized carbons (Fsp3) is 0.500. The second-order valence-electron chi connectivity index (χ2n) is 4.89. The van der Waals surface area contributed by atoms with Crippen molar-refractivity contribution < 1.29 is 13.5 Å². The van der Waals surface area contributed by atoms with Gasteiger partial charge in [0.1, 0.15) is 0 Å². The van der Waals surface area contributed by atoms with Gasteiger partial charge in [0.15, 0.2) is 9.84 Å². The molecule has 5 heteroatoms. The van der Waals surface area contributed by atoms with Crippen LogP contribution in [-0.2, 0) is 22.9 Å². The molecule has 0 saturated carbocycles. The van der Waals surface area contributed by atoms with Gasteiger partial charge in [-0.1, -0.05) is 24.3 Å². The number of rotatable bonds is 1. The zero-order valence-corrected chi connectivity index (χ0v) is 10.2. The Morgan fingerprint density at radius 3 is 2.18 bits per heavy atom. The summed E-state index contributed by atoms with van der Waals surface area (Å²) in [5, 5.41) is 9.84. The third kappa shape index (κ3) is 1.99. The quantitative estimate of drug-likeness (QED) is 0.774. The molecule has 0 aromatic heterocycles. The zero-order valence-electron chi connectivity index (χ0n) is 9.41. The lowest BCUT2D eigenvalue weighted by Gasteiger charge is -2.24. The Morgan fingerprint density at radius 2 is 1.71 bits per heavy atom. The van der Waals surface area contributed by atoms with Crippen LogP contribution in [0.4, 0.5) is 0 Å². The van der Waals surface area contributed by atoms with Gasteiger partial charge in [0.05, 0.1) is 23.7 Å². The number of benzene rings is 1. The molecular weight excluding hydrogens is 238 g/mol. The third-order valence-electron chi connectivity index (χ3n) is 3.63. The van der Waals surface area contributed by atoms with Crippen LogP contribution in [0.1, 0.15) is 11.1 Å². The minimum Gasteiger partial charge on any atom is -0.390 e. The summed E-state index contributed by atoms with van der Waals surface area (Å²) < 4.78 is 23.0. The summed E-state index contributed by atoms with van der Waals surface area (Å²) in [7, 11) is -3.06. The van der Waals surface area contributed by atoms with E-state index in [1.54, 1.807) is 0 Å². The molecule has 2 heterocycles. The van der Waals surface area contributed by atoms with Crippen molar-refractivity contribution in [2.45, 2.75) is 25.2 Å². The molecule has 1 aromatic carbocycles. The zero-order chi connectivity index (χ0) is 12.0. The van der Waals surface area contributed by atoms with Crippen LogP contribution in [0.15, 0.2) is 24.3 Å². The predicted molar refractivity (Wildman–Crippen MR) is 64.1 cm³/mol. The standard InChI is InChI=1S/C12H15NO3S/c14-12-8-17(15,16)7-11(12)13-5-9-3-1-2-4-10(9)6-13/h1-4,11-12,14H,5-8H2. The average Bonchev–Trinajstić information content (AvgIpc) is 2.78. The minimum atomic E-state index is -3.06. The molecule has 2 atom stereocenters.